The molecule has 0 N–H and O–H groups in total. The van der Waals surface area contributed by atoms with Gasteiger partial charge in [0.05, 0.1) is 16.7 Å². The summed E-state index contributed by atoms with van der Waals surface area (Å²) in [5, 5.41) is 11.2. The SMILES string of the molecule is CC(C)OC(=O)CN(c1ccc(F)cc1)S(=O)(=O)c1ccccc1[N+](=O)[O-]. The summed E-state index contributed by atoms with van der Waals surface area (Å²) in [6.07, 6.45) is -0.485. The minimum Gasteiger partial charge on any atom is -0.462 e. The molecule has 2 rings (SSSR count). The maximum Gasteiger partial charge on any atom is 0.327 e. The van der Waals surface area contributed by atoms with E-state index in [0.29, 0.717) is 4.31 Å². The lowest BCUT2D eigenvalue weighted by molar-refractivity contribution is -0.387. The minimum atomic E-state index is -4.51. The maximum atomic E-state index is 13.2. The largest absolute Gasteiger partial charge is 0.462 e. The summed E-state index contributed by atoms with van der Waals surface area (Å²) in [5.74, 6) is -1.46. The van der Waals surface area contributed by atoms with Crippen LogP contribution in [0.2, 0.25) is 0 Å². The third-order valence-corrected chi connectivity index (χ3v) is 5.21. The van der Waals surface area contributed by atoms with E-state index in [1.54, 1.807) is 13.8 Å². The molecule has 0 aliphatic carbocycles. The molecule has 0 atom stereocenters. The Morgan fingerprint density at radius 1 is 1.19 bits per heavy atom. The number of carbonyl (C=O) groups excluding carboxylic acids is 1. The average Bonchev–Trinajstić information content (AvgIpc) is 2.60. The number of nitro groups is 1. The summed E-state index contributed by atoms with van der Waals surface area (Å²) in [4.78, 5) is 21.9. The number of anilines is 1. The lowest BCUT2D eigenvalue weighted by Crippen LogP contribution is -2.37. The molecule has 8 nitrogen and oxygen atoms in total. The van der Waals surface area contributed by atoms with Crippen LogP contribution in [-0.2, 0) is 19.6 Å². The number of benzene rings is 2. The topological polar surface area (TPSA) is 107 Å². The lowest BCUT2D eigenvalue weighted by atomic mass is 10.3. The van der Waals surface area contributed by atoms with E-state index < -0.39 is 50.0 Å². The quantitative estimate of drug-likeness (QED) is 0.405. The van der Waals surface area contributed by atoms with Gasteiger partial charge in [-0.25, -0.2) is 12.8 Å². The monoisotopic (exact) mass is 396 g/mol. The molecule has 0 aromatic heterocycles. The van der Waals surface area contributed by atoms with Gasteiger partial charge in [0.25, 0.3) is 15.7 Å². The molecule has 0 amide bonds. The van der Waals surface area contributed by atoms with Crippen LogP contribution in [-0.4, -0.2) is 32.0 Å². The first-order valence-electron chi connectivity index (χ1n) is 7.84. The Labute approximate surface area is 155 Å². The highest BCUT2D eigenvalue weighted by molar-refractivity contribution is 7.93. The van der Waals surface area contributed by atoms with Crippen LogP contribution < -0.4 is 4.31 Å². The Balaban J connectivity index is 2.56. The first-order chi connectivity index (χ1) is 12.6. The smallest absolute Gasteiger partial charge is 0.327 e. The zero-order valence-corrected chi connectivity index (χ0v) is 15.3. The van der Waals surface area contributed by atoms with E-state index in [1.165, 1.54) is 12.1 Å². The molecule has 144 valence electrons. The first-order valence-corrected chi connectivity index (χ1v) is 9.28. The summed E-state index contributed by atoms with van der Waals surface area (Å²) < 4.78 is 45.0. The van der Waals surface area contributed by atoms with Crippen molar-refractivity contribution in [2.24, 2.45) is 0 Å². The summed E-state index contributed by atoms with van der Waals surface area (Å²) in [7, 11) is -4.51. The van der Waals surface area contributed by atoms with Crippen LogP contribution in [0, 0.1) is 15.9 Å². The number of halogens is 1. The van der Waals surface area contributed by atoms with Gasteiger partial charge in [0.2, 0.25) is 0 Å². The van der Waals surface area contributed by atoms with Gasteiger partial charge in [-0.3, -0.25) is 19.2 Å². The van der Waals surface area contributed by atoms with Crippen molar-refractivity contribution < 1.29 is 27.3 Å². The molecule has 0 aliphatic heterocycles. The van der Waals surface area contributed by atoms with Gasteiger partial charge in [-0.15, -0.1) is 0 Å². The summed E-state index contributed by atoms with van der Waals surface area (Å²) in [5.41, 5.74) is -0.669. The minimum absolute atomic E-state index is 0.0322. The normalized spacial score (nSPS) is 11.3. The number of ether oxygens (including phenoxy) is 1. The van der Waals surface area contributed by atoms with Crippen LogP contribution in [0.15, 0.2) is 53.4 Å². The Hall–Kier alpha value is -3.01. The molecule has 2 aromatic rings. The third kappa shape index (κ3) is 4.79. The summed E-state index contributed by atoms with van der Waals surface area (Å²) in [6.45, 7) is 2.46. The van der Waals surface area contributed by atoms with Crippen LogP contribution in [0.25, 0.3) is 0 Å². The number of nitrogens with zero attached hydrogens (tertiary/aromatic N) is 2. The predicted octanol–water partition coefficient (Wildman–Crippen LogP) is 2.88. The van der Waals surface area contributed by atoms with Crippen molar-refractivity contribution in [1.82, 2.24) is 0 Å². The molecule has 0 saturated carbocycles. The molecule has 10 heteroatoms. The number of esters is 1. The zero-order chi connectivity index (χ0) is 20.2. The van der Waals surface area contributed by atoms with Crippen molar-refractivity contribution in [1.29, 1.82) is 0 Å². The Morgan fingerprint density at radius 3 is 2.33 bits per heavy atom. The molecular formula is C17H17FN2O6S. The highest BCUT2D eigenvalue weighted by atomic mass is 32.2. The summed E-state index contributed by atoms with van der Waals surface area (Å²) in [6, 6.07) is 9.12. The fourth-order valence-corrected chi connectivity index (χ4v) is 3.85. The molecule has 0 unspecified atom stereocenters. The molecule has 0 radical (unpaired) electrons. The number of para-hydroxylation sites is 1. The van der Waals surface area contributed by atoms with Crippen molar-refractivity contribution in [3.05, 3.63) is 64.5 Å². The molecule has 0 bridgehead atoms. The molecule has 0 aliphatic rings. The van der Waals surface area contributed by atoms with Gasteiger partial charge in [-0.1, -0.05) is 12.1 Å². The first kappa shape index (κ1) is 20.3. The molecule has 0 heterocycles. The van der Waals surface area contributed by atoms with Gasteiger partial charge in [-0.2, -0.15) is 0 Å². The van der Waals surface area contributed by atoms with Crippen LogP contribution >= 0.6 is 0 Å². The molecule has 0 saturated heterocycles. The number of hydrogen-bond acceptors (Lipinski definition) is 6. The van der Waals surface area contributed by atoms with E-state index in [9.17, 15) is 27.7 Å². The lowest BCUT2D eigenvalue weighted by Gasteiger charge is -2.24. The number of nitro benzene ring substituents is 1. The Kier molecular flexibility index (Phi) is 6.11. The highest BCUT2D eigenvalue weighted by Gasteiger charge is 2.33. The van der Waals surface area contributed by atoms with Gasteiger partial charge in [0.1, 0.15) is 12.4 Å². The van der Waals surface area contributed by atoms with Crippen LogP contribution in [0.4, 0.5) is 15.8 Å². The number of rotatable bonds is 7. The average molecular weight is 396 g/mol. The van der Waals surface area contributed by atoms with Crippen molar-refractivity contribution >= 4 is 27.4 Å². The predicted molar refractivity (Wildman–Crippen MR) is 95.3 cm³/mol. The van der Waals surface area contributed by atoms with E-state index in [4.69, 9.17) is 4.74 Å². The fourth-order valence-electron chi connectivity index (χ4n) is 2.28. The Bertz CT molecular complexity index is 944. The third-order valence-electron chi connectivity index (χ3n) is 3.38. The van der Waals surface area contributed by atoms with E-state index in [-0.39, 0.29) is 5.69 Å². The molecular weight excluding hydrogens is 379 g/mol. The van der Waals surface area contributed by atoms with Crippen LogP contribution in [0.5, 0.6) is 0 Å². The highest BCUT2D eigenvalue weighted by Crippen LogP contribution is 2.29. The standard InChI is InChI=1S/C17H17FN2O6S/c1-12(2)26-17(21)11-19(14-9-7-13(18)8-10-14)27(24,25)16-6-4-3-5-15(16)20(22)23/h3-10,12H,11H2,1-2H3. The molecule has 27 heavy (non-hydrogen) atoms. The Morgan fingerprint density at radius 2 is 1.78 bits per heavy atom. The number of carbonyl (C=O) groups is 1. The van der Waals surface area contributed by atoms with Crippen molar-refractivity contribution in [2.45, 2.75) is 24.8 Å². The van der Waals surface area contributed by atoms with Gasteiger partial charge in [0, 0.05) is 6.07 Å². The van der Waals surface area contributed by atoms with E-state index in [1.807, 2.05) is 0 Å². The van der Waals surface area contributed by atoms with Crippen LogP contribution in [0.1, 0.15) is 13.8 Å². The van der Waals surface area contributed by atoms with E-state index >= 15 is 0 Å². The maximum absolute atomic E-state index is 13.2. The number of hydrogen-bond donors (Lipinski definition) is 0. The van der Waals surface area contributed by atoms with Gasteiger partial charge >= 0.3 is 5.97 Å². The van der Waals surface area contributed by atoms with Gasteiger partial charge in [-0.05, 0) is 44.2 Å². The second-order valence-corrected chi connectivity index (χ2v) is 7.58. The van der Waals surface area contributed by atoms with Gasteiger partial charge < -0.3 is 4.74 Å². The molecule has 2 aromatic carbocycles. The summed E-state index contributed by atoms with van der Waals surface area (Å²) >= 11 is 0. The molecule has 0 fully saturated rings. The second kappa shape index (κ2) is 8.12. The van der Waals surface area contributed by atoms with E-state index in [2.05, 4.69) is 0 Å². The number of sulfonamides is 1. The molecule has 0 spiro atoms. The second-order valence-electron chi connectivity index (χ2n) is 5.75. The van der Waals surface area contributed by atoms with Gasteiger partial charge in [0.15, 0.2) is 4.90 Å². The van der Waals surface area contributed by atoms with E-state index in [0.717, 1.165) is 36.4 Å². The zero-order valence-electron chi connectivity index (χ0n) is 14.5. The fraction of sp³-hybridized carbons (Fsp3) is 0.235. The van der Waals surface area contributed by atoms with Crippen molar-refractivity contribution in [3.8, 4) is 0 Å². The van der Waals surface area contributed by atoms with Crippen LogP contribution in [0.3, 0.4) is 0 Å². The van der Waals surface area contributed by atoms with Crippen molar-refractivity contribution in [3.63, 3.8) is 0 Å². The van der Waals surface area contributed by atoms with Crippen molar-refractivity contribution in [2.75, 3.05) is 10.8 Å².